The fraction of sp³-hybridized carbons (Fsp3) is 0.125. The third-order valence-corrected chi connectivity index (χ3v) is 3.59. The molecule has 2 rings (SSSR count). The Bertz CT molecular complexity index is 721. The molecule has 0 aliphatic heterocycles. The Hall–Kier alpha value is -2.11. The van der Waals surface area contributed by atoms with Gasteiger partial charge in [0.05, 0.1) is 0 Å². The molecule has 0 aromatic heterocycles. The summed E-state index contributed by atoms with van der Waals surface area (Å²) < 4.78 is 12.8. The molecule has 0 radical (unpaired) electrons. The van der Waals surface area contributed by atoms with Gasteiger partial charge in [-0.1, -0.05) is 29.3 Å². The minimum Gasteiger partial charge on any atom is -0.347 e. The molecule has 4 nitrogen and oxygen atoms in total. The van der Waals surface area contributed by atoms with Gasteiger partial charge in [-0.25, -0.2) is 4.39 Å². The van der Waals surface area contributed by atoms with Crippen LogP contribution in [-0.2, 0) is 16.0 Å². The number of carbonyl (C=O) groups is 2. The summed E-state index contributed by atoms with van der Waals surface area (Å²) in [6.07, 6.45) is 0.464. The van der Waals surface area contributed by atoms with Crippen LogP contribution in [0.15, 0.2) is 42.5 Å². The smallest absolute Gasteiger partial charge is 0.313 e. The topological polar surface area (TPSA) is 58.2 Å². The summed E-state index contributed by atoms with van der Waals surface area (Å²) in [4.78, 5) is 23.4. The van der Waals surface area contributed by atoms with Crippen LogP contribution in [0.1, 0.15) is 5.56 Å². The third-order valence-electron chi connectivity index (χ3n) is 3.00. The Kier molecular flexibility index (Phi) is 5.96. The maximum absolute atomic E-state index is 12.8. The Balaban J connectivity index is 1.82. The minimum absolute atomic E-state index is 0.247. The van der Waals surface area contributed by atoms with Gasteiger partial charge in [-0.15, -0.1) is 0 Å². The monoisotopic (exact) mass is 354 g/mol. The zero-order valence-electron chi connectivity index (χ0n) is 11.9. The van der Waals surface area contributed by atoms with Gasteiger partial charge in [-0.05, 0) is 48.4 Å². The number of hydrogen-bond acceptors (Lipinski definition) is 2. The number of amides is 2. The maximum atomic E-state index is 12.8. The van der Waals surface area contributed by atoms with Crippen molar-refractivity contribution in [2.45, 2.75) is 6.42 Å². The van der Waals surface area contributed by atoms with Gasteiger partial charge in [0.1, 0.15) is 5.82 Å². The molecule has 0 saturated carbocycles. The normalized spacial score (nSPS) is 10.2. The van der Waals surface area contributed by atoms with Crippen molar-refractivity contribution < 1.29 is 14.0 Å². The molecule has 0 bridgehead atoms. The van der Waals surface area contributed by atoms with Gasteiger partial charge in [0.2, 0.25) is 0 Å². The van der Waals surface area contributed by atoms with Crippen LogP contribution in [0.4, 0.5) is 10.1 Å². The van der Waals surface area contributed by atoms with Crippen LogP contribution in [0.5, 0.6) is 0 Å². The van der Waals surface area contributed by atoms with E-state index in [9.17, 15) is 14.0 Å². The van der Waals surface area contributed by atoms with E-state index in [2.05, 4.69) is 10.6 Å². The first-order valence-electron chi connectivity index (χ1n) is 6.74. The zero-order chi connectivity index (χ0) is 16.8. The van der Waals surface area contributed by atoms with E-state index >= 15 is 0 Å². The highest BCUT2D eigenvalue weighted by molar-refractivity contribution is 6.39. The average molecular weight is 355 g/mol. The van der Waals surface area contributed by atoms with Crippen LogP contribution >= 0.6 is 23.2 Å². The average Bonchev–Trinajstić information content (AvgIpc) is 2.51. The minimum atomic E-state index is -0.821. The zero-order valence-corrected chi connectivity index (χ0v) is 13.4. The Morgan fingerprint density at radius 1 is 1.00 bits per heavy atom. The highest BCUT2D eigenvalue weighted by Crippen LogP contribution is 2.21. The summed E-state index contributed by atoms with van der Waals surface area (Å²) in [5, 5.41) is 5.89. The number of carbonyl (C=O) groups excluding carboxylic acids is 2. The molecule has 0 aliphatic carbocycles. The lowest BCUT2D eigenvalue weighted by Crippen LogP contribution is -2.36. The second kappa shape index (κ2) is 7.94. The number of benzene rings is 2. The summed E-state index contributed by atoms with van der Waals surface area (Å²) in [7, 11) is 0. The molecule has 0 fully saturated rings. The first-order chi connectivity index (χ1) is 11.0. The van der Waals surface area contributed by atoms with Crippen molar-refractivity contribution in [1.29, 1.82) is 0 Å². The lowest BCUT2D eigenvalue weighted by molar-refractivity contribution is -0.136. The van der Waals surface area contributed by atoms with E-state index in [1.807, 2.05) is 0 Å². The van der Waals surface area contributed by atoms with Crippen LogP contribution in [0.2, 0.25) is 10.0 Å². The molecule has 2 N–H and O–H groups in total. The van der Waals surface area contributed by atoms with Crippen molar-refractivity contribution in [2.75, 3.05) is 11.9 Å². The Labute approximate surface area is 142 Å². The molecule has 2 aromatic carbocycles. The quantitative estimate of drug-likeness (QED) is 0.826. The molecule has 2 amide bonds. The van der Waals surface area contributed by atoms with Gasteiger partial charge in [0.25, 0.3) is 0 Å². The van der Waals surface area contributed by atoms with Gasteiger partial charge in [0.15, 0.2) is 0 Å². The van der Waals surface area contributed by atoms with Gasteiger partial charge in [-0.2, -0.15) is 0 Å². The fourth-order valence-corrected chi connectivity index (χ4v) is 2.34. The van der Waals surface area contributed by atoms with Crippen molar-refractivity contribution in [1.82, 2.24) is 5.32 Å². The van der Waals surface area contributed by atoms with Crippen LogP contribution in [-0.4, -0.2) is 18.4 Å². The molecule has 0 saturated heterocycles. The number of hydrogen-bond donors (Lipinski definition) is 2. The van der Waals surface area contributed by atoms with Crippen molar-refractivity contribution in [3.63, 3.8) is 0 Å². The first kappa shape index (κ1) is 17.2. The second-order valence-electron chi connectivity index (χ2n) is 4.70. The summed E-state index contributed by atoms with van der Waals surface area (Å²) in [6, 6.07) is 10.2. The van der Waals surface area contributed by atoms with E-state index in [0.717, 1.165) is 5.56 Å². The first-order valence-corrected chi connectivity index (χ1v) is 7.50. The predicted molar refractivity (Wildman–Crippen MR) is 88.2 cm³/mol. The molecule has 2 aromatic rings. The van der Waals surface area contributed by atoms with Crippen molar-refractivity contribution in [3.05, 3.63) is 63.9 Å². The number of nitrogens with one attached hydrogen (secondary N) is 2. The van der Waals surface area contributed by atoms with E-state index in [1.54, 1.807) is 18.2 Å². The summed E-state index contributed by atoms with van der Waals surface area (Å²) in [6.45, 7) is 0.247. The largest absolute Gasteiger partial charge is 0.347 e. The number of anilines is 1. The van der Waals surface area contributed by atoms with Crippen molar-refractivity contribution in [3.8, 4) is 0 Å². The van der Waals surface area contributed by atoms with E-state index in [4.69, 9.17) is 23.2 Å². The fourth-order valence-electron chi connectivity index (χ4n) is 1.84. The summed E-state index contributed by atoms with van der Waals surface area (Å²) >= 11 is 11.8. The van der Waals surface area contributed by atoms with E-state index in [1.165, 1.54) is 24.3 Å². The molecule has 7 heteroatoms. The molecule has 0 aliphatic rings. The van der Waals surface area contributed by atoms with Gasteiger partial charge in [0, 0.05) is 22.3 Å². The van der Waals surface area contributed by atoms with Crippen LogP contribution in [0.3, 0.4) is 0 Å². The van der Waals surface area contributed by atoms with E-state index < -0.39 is 17.6 Å². The van der Waals surface area contributed by atoms with Crippen molar-refractivity contribution >= 4 is 40.7 Å². The van der Waals surface area contributed by atoms with Crippen LogP contribution in [0.25, 0.3) is 0 Å². The van der Waals surface area contributed by atoms with E-state index in [0.29, 0.717) is 22.2 Å². The highest BCUT2D eigenvalue weighted by Gasteiger charge is 2.13. The molecular formula is C16H13Cl2FN2O2. The highest BCUT2D eigenvalue weighted by atomic mass is 35.5. The number of halogens is 3. The lowest BCUT2D eigenvalue weighted by atomic mass is 10.1. The van der Waals surface area contributed by atoms with Crippen LogP contribution in [0, 0.1) is 5.82 Å². The van der Waals surface area contributed by atoms with Gasteiger partial charge >= 0.3 is 11.8 Å². The molecule has 0 spiro atoms. The standard InChI is InChI=1S/C16H13Cl2FN2O2/c17-11-2-1-10(14(18)9-11)7-8-20-15(22)16(23)21-13-5-3-12(19)4-6-13/h1-6,9H,7-8H2,(H,20,22)(H,21,23). The molecule has 120 valence electrons. The molecule has 0 heterocycles. The third kappa shape index (κ3) is 5.23. The molecule has 0 atom stereocenters. The molecule has 0 unspecified atom stereocenters. The Morgan fingerprint density at radius 2 is 1.70 bits per heavy atom. The van der Waals surface area contributed by atoms with Gasteiger partial charge < -0.3 is 10.6 Å². The Morgan fingerprint density at radius 3 is 2.35 bits per heavy atom. The van der Waals surface area contributed by atoms with Gasteiger partial charge in [-0.3, -0.25) is 9.59 Å². The number of rotatable bonds is 4. The van der Waals surface area contributed by atoms with Crippen molar-refractivity contribution in [2.24, 2.45) is 0 Å². The van der Waals surface area contributed by atoms with Crippen LogP contribution < -0.4 is 10.6 Å². The SMILES string of the molecule is O=C(NCCc1ccc(Cl)cc1Cl)C(=O)Nc1ccc(F)cc1. The molecule has 23 heavy (non-hydrogen) atoms. The maximum Gasteiger partial charge on any atom is 0.313 e. The molecular weight excluding hydrogens is 342 g/mol. The lowest BCUT2D eigenvalue weighted by Gasteiger charge is -2.08. The summed E-state index contributed by atoms with van der Waals surface area (Å²) in [5.41, 5.74) is 1.16. The van der Waals surface area contributed by atoms with E-state index in [-0.39, 0.29) is 6.54 Å². The second-order valence-corrected chi connectivity index (χ2v) is 5.55. The summed E-state index contributed by atoms with van der Waals surface area (Å²) in [5.74, 6) is -2.02. The predicted octanol–water partition coefficient (Wildman–Crippen LogP) is 3.43.